The number of nitrogens with one attached hydrogen (secondary N) is 1. The van der Waals surface area contributed by atoms with Gasteiger partial charge >= 0.3 is 0 Å². The Morgan fingerprint density at radius 3 is 2.81 bits per heavy atom. The first-order chi connectivity index (χ1) is 12.7. The molecule has 1 atom stereocenters. The summed E-state index contributed by atoms with van der Waals surface area (Å²) in [7, 11) is 3.18. The molecule has 0 saturated carbocycles. The van der Waals surface area contributed by atoms with Crippen LogP contribution in [0.15, 0.2) is 47.0 Å². The van der Waals surface area contributed by atoms with Gasteiger partial charge in [0.15, 0.2) is 0 Å². The molecule has 7 heteroatoms. The second-order valence-electron chi connectivity index (χ2n) is 5.91. The van der Waals surface area contributed by atoms with Gasteiger partial charge in [-0.1, -0.05) is 23.4 Å². The molecule has 1 aliphatic heterocycles. The van der Waals surface area contributed by atoms with Gasteiger partial charge in [-0.15, -0.1) is 0 Å². The van der Waals surface area contributed by atoms with Crippen molar-refractivity contribution in [2.45, 2.75) is 12.3 Å². The number of fused-ring (bicyclic) bond motifs is 1. The lowest BCUT2D eigenvalue weighted by Crippen LogP contribution is -2.14. The molecule has 0 spiro atoms. The van der Waals surface area contributed by atoms with Crippen LogP contribution in [0.2, 0.25) is 0 Å². The fourth-order valence-electron chi connectivity index (χ4n) is 3.09. The molecule has 7 nitrogen and oxygen atoms in total. The van der Waals surface area contributed by atoms with Gasteiger partial charge in [-0.3, -0.25) is 4.79 Å². The van der Waals surface area contributed by atoms with Crippen molar-refractivity contribution in [1.29, 1.82) is 0 Å². The van der Waals surface area contributed by atoms with Crippen molar-refractivity contribution in [3.05, 3.63) is 53.9 Å². The van der Waals surface area contributed by atoms with E-state index in [0.717, 1.165) is 16.8 Å². The van der Waals surface area contributed by atoms with Crippen molar-refractivity contribution in [3.63, 3.8) is 0 Å². The molecule has 1 amide bonds. The molecule has 0 saturated heterocycles. The van der Waals surface area contributed by atoms with Crippen molar-refractivity contribution >= 4 is 11.6 Å². The van der Waals surface area contributed by atoms with Gasteiger partial charge in [-0.05, 0) is 23.8 Å². The van der Waals surface area contributed by atoms with Crippen molar-refractivity contribution in [1.82, 2.24) is 10.1 Å². The van der Waals surface area contributed by atoms with E-state index in [9.17, 15) is 4.79 Å². The third-order valence-corrected chi connectivity index (χ3v) is 4.40. The lowest BCUT2D eigenvalue weighted by Gasteiger charge is -2.06. The normalized spacial score (nSPS) is 15.5. The van der Waals surface area contributed by atoms with Gasteiger partial charge in [0.2, 0.25) is 17.6 Å². The van der Waals surface area contributed by atoms with Crippen molar-refractivity contribution in [2.75, 3.05) is 19.5 Å². The molecule has 2 aromatic carbocycles. The Balaban J connectivity index is 1.60. The third kappa shape index (κ3) is 2.77. The lowest BCUT2D eigenvalue weighted by molar-refractivity contribution is -0.117. The minimum absolute atomic E-state index is 0.0923. The minimum atomic E-state index is -0.373. The second kappa shape index (κ2) is 6.51. The van der Waals surface area contributed by atoms with Crippen LogP contribution in [0.5, 0.6) is 11.5 Å². The number of carbonyl (C=O) groups excluding carboxylic acids is 1. The van der Waals surface area contributed by atoms with E-state index in [1.807, 2.05) is 36.4 Å². The van der Waals surface area contributed by atoms with Crippen LogP contribution in [-0.4, -0.2) is 30.3 Å². The summed E-state index contributed by atoms with van der Waals surface area (Å²) in [5, 5.41) is 6.90. The Labute approximate surface area is 149 Å². The average molecular weight is 351 g/mol. The van der Waals surface area contributed by atoms with Gasteiger partial charge < -0.3 is 19.3 Å². The van der Waals surface area contributed by atoms with Gasteiger partial charge in [0, 0.05) is 18.2 Å². The number of methoxy groups -OCH3 is 2. The Morgan fingerprint density at radius 1 is 1.15 bits per heavy atom. The summed E-state index contributed by atoms with van der Waals surface area (Å²) in [6.07, 6.45) is 0.327. The highest BCUT2D eigenvalue weighted by Gasteiger charge is 2.32. The molecule has 26 heavy (non-hydrogen) atoms. The fraction of sp³-hybridized carbons (Fsp3) is 0.211. The summed E-state index contributed by atoms with van der Waals surface area (Å²) in [5.74, 6) is 1.73. The number of ether oxygens (including phenoxy) is 2. The van der Waals surface area contributed by atoms with Crippen molar-refractivity contribution in [3.8, 4) is 22.9 Å². The van der Waals surface area contributed by atoms with Crippen LogP contribution in [-0.2, 0) is 11.2 Å². The Hall–Kier alpha value is -3.35. The van der Waals surface area contributed by atoms with Gasteiger partial charge in [-0.2, -0.15) is 4.98 Å². The predicted molar refractivity (Wildman–Crippen MR) is 94.4 cm³/mol. The summed E-state index contributed by atoms with van der Waals surface area (Å²) in [6.45, 7) is 0. The van der Waals surface area contributed by atoms with Crippen LogP contribution in [0.25, 0.3) is 11.4 Å². The zero-order valence-corrected chi connectivity index (χ0v) is 14.4. The van der Waals surface area contributed by atoms with E-state index in [0.29, 0.717) is 29.6 Å². The number of nitrogens with zero attached hydrogens (tertiary/aromatic N) is 2. The monoisotopic (exact) mass is 351 g/mol. The summed E-state index contributed by atoms with van der Waals surface area (Å²) in [6, 6.07) is 13.0. The highest BCUT2D eigenvalue weighted by atomic mass is 16.5. The molecular formula is C19H17N3O4. The van der Waals surface area contributed by atoms with Gasteiger partial charge in [0.25, 0.3) is 0 Å². The Kier molecular flexibility index (Phi) is 4.04. The molecule has 1 aromatic heterocycles. The first kappa shape index (κ1) is 16.1. The number of hydrogen-bond donors (Lipinski definition) is 1. The number of amides is 1. The maximum absolute atomic E-state index is 12.4. The van der Waals surface area contributed by atoms with Crippen LogP contribution in [0, 0.1) is 0 Å². The van der Waals surface area contributed by atoms with Crippen molar-refractivity contribution in [2.24, 2.45) is 0 Å². The number of aromatic nitrogens is 2. The Morgan fingerprint density at radius 2 is 2.00 bits per heavy atom. The summed E-state index contributed by atoms with van der Waals surface area (Å²) >= 11 is 0. The van der Waals surface area contributed by atoms with E-state index < -0.39 is 0 Å². The molecule has 0 aliphatic carbocycles. The SMILES string of the molecule is COc1ccc2c(c1)NC(=O)C2Cc1nc(-c2ccccc2OC)no1. The largest absolute Gasteiger partial charge is 0.497 e. The van der Waals surface area contributed by atoms with Crippen LogP contribution in [0.4, 0.5) is 5.69 Å². The quantitative estimate of drug-likeness (QED) is 0.760. The van der Waals surface area contributed by atoms with Crippen LogP contribution >= 0.6 is 0 Å². The first-order valence-corrected chi connectivity index (χ1v) is 8.14. The number of para-hydroxylation sites is 1. The van der Waals surface area contributed by atoms with E-state index >= 15 is 0 Å². The standard InChI is InChI=1S/C19H17N3O4/c1-24-11-7-8-12-14(19(23)20-15(12)9-11)10-17-21-18(22-26-17)13-5-3-4-6-16(13)25-2/h3-9,14H,10H2,1-2H3,(H,20,23). The highest BCUT2D eigenvalue weighted by Crippen LogP contribution is 2.37. The maximum atomic E-state index is 12.4. The molecule has 4 rings (SSSR count). The topological polar surface area (TPSA) is 86.5 Å². The average Bonchev–Trinajstić information content (AvgIpc) is 3.26. The molecule has 1 N–H and O–H groups in total. The summed E-state index contributed by atoms with van der Waals surface area (Å²) in [4.78, 5) is 16.8. The van der Waals surface area contributed by atoms with E-state index in [4.69, 9.17) is 14.0 Å². The smallest absolute Gasteiger partial charge is 0.232 e. The molecule has 3 aromatic rings. The first-order valence-electron chi connectivity index (χ1n) is 8.14. The fourth-order valence-corrected chi connectivity index (χ4v) is 3.09. The maximum Gasteiger partial charge on any atom is 0.232 e. The molecule has 2 heterocycles. The summed E-state index contributed by atoms with van der Waals surface area (Å²) < 4.78 is 15.9. The molecule has 0 bridgehead atoms. The van der Waals surface area contributed by atoms with Crippen LogP contribution < -0.4 is 14.8 Å². The molecular weight excluding hydrogens is 334 g/mol. The molecule has 132 valence electrons. The number of rotatable bonds is 5. The number of benzene rings is 2. The van der Waals surface area contributed by atoms with Gasteiger partial charge in [-0.25, -0.2) is 0 Å². The number of anilines is 1. The predicted octanol–water partition coefficient (Wildman–Crippen LogP) is 3.03. The van der Waals surface area contributed by atoms with E-state index in [-0.39, 0.29) is 11.8 Å². The van der Waals surface area contributed by atoms with E-state index in [2.05, 4.69) is 15.5 Å². The molecule has 0 fully saturated rings. The number of hydrogen-bond acceptors (Lipinski definition) is 6. The third-order valence-electron chi connectivity index (χ3n) is 4.40. The van der Waals surface area contributed by atoms with Crippen LogP contribution in [0.3, 0.4) is 0 Å². The summed E-state index contributed by atoms with van der Waals surface area (Å²) in [5.41, 5.74) is 2.39. The van der Waals surface area contributed by atoms with E-state index in [1.54, 1.807) is 20.3 Å². The van der Waals surface area contributed by atoms with Crippen molar-refractivity contribution < 1.29 is 18.8 Å². The zero-order valence-electron chi connectivity index (χ0n) is 14.4. The second-order valence-corrected chi connectivity index (χ2v) is 5.91. The van der Waals surface area contributed by atoms with Gasteiger partial charge in [0.05, 0.1) is 25.7 Å². The lowest BCUT2D eigenvalue weighted by atomic mass is 9.97. The van der Waals surface area contributed by atoms with Gasteiger partial charge in [0.1, 0.15) is 11.5 Å². The molecule has 1 unspecified atom stereocenters. The van der Waals surface area contributed by atoms with Crippen LogP contribution in [0.1, 0.15) is 17.4 Å². The highest BCUT2D eigenvalue weighted by molar-refractivity contribution is 6.03. The molecule has 0 radical (unpaired) electrons. The van der Waals surface area contributed by atoms with E-state index in [1.165, 1.54) is 0 Å². The Bertz CT molecular complexity index is 967. The molecule has 1 aliphatic rings. The number of carbonyl (C=O) groups is 1. The minimum Gasteiger partial charge on any atom is -0.497 e. The zero-order chi connectivity index (χ0) is 18.1.